The maximum Gasteiger partial charge on any atom is 0.248 e. The average Bonchev–Trinajstić information content (AvgIpc) is 2.85. The fraction of sp³-hybridized carbons (Fsp3) is 0.133. The number of ether oxygens (including phenoxy) is 1. The maximum atomic E-state index is 11.8. The molecule has 0 saturated carbocycles. The van der Waals surface area contributed by atoms with E-state index >= 15 is 0 Å². The number of hydrogen-bond acceptors (Lipinski definition) is 3. The zero-order chi connectivity index (χ0) is 14.4. The third-order valence-electron chi connectivity index (χ3n) is 2.44. The Morgan fingerprint density at radius 3 is 2.85 bits per heavy atom. The lowest BCUT2D eigenvalue weighted by molar-refractivity contribution is -0.111. The molecule has 1 aromatic heterocycles. The molecule has 0 aliphatic rings. The van der Waals surface area contributed by atoms with Crippen molar-refractivity contribution in [2.75, 3.05) is 11.9 Å². The van der Waals surface area contributed by atoms with Crippen molar-refractivity contribution in [3.8, 4) is 5.75 Å². The van der Waals surface area contributed by atoms with Crippen LogP contribution in [0, 0.1) is 0 Å². The van der Waals surface area contributed by atoms with Crippen LogP contribution in [0.3, 0.4) is 0 Å². The molecule has 5 heteroatoms. The van der Waals surface area contributed by atoms with Gasteiger partial charge >= 0.3 is 0 Å². The maximum absolute atomic E-state index is 11.8. The molecule has 0 radical (unpaired) electrons. The van der Waals surface area contributed by atoms with Crippen molar-refractivity contribution in [3.63, 3.8) is 0 Å². The van der Waals surface area contributed by atoms with Crippen molar-refractivity contribution >= 4 is 33.6 Å². The summed E-state index contributed by atoms with van der Waals surface area (Å²) >= 11 is 3.20. The number of anilines is 1. The number of nitrogens with one attached hydrogen (secondary N) is 1. The van der Waals surface area contributed by atoms with Crippen LogP contribution in [-0.4, -0.2) is 12.5 Å². The van der Waals surface area contributed by atoms with E-state index in [1.54, 1.807) is 24.3 Å². The average molecular weight is 336 g/mol. The van der Waals surface area contributed by atoms with E-state index in [-0.39, 0.29) is 5.91 Å². The van der Waals surface area contributed by atoms with Crippen molar-refractivity contribution in [2.45, 2.75) is 6.92 Å². The number of furan rings is 1. The number of carbonyl (C=O) groups excluding carboxylic acids is 1. The summed E-state index contributed by atoms with van der Waals surface area (Å²) in [4.78, 5) is 11.8. The molecule has 2 aromatic rings. The Morgan fingerprint density at radius 2 is 2.15 bits per heavy atom. The van der Waals surface area contributed by atoms with Crippen molar-refractivity contribution in [1.82, 2.24) is 0 Å². The Labute approximate surface area is 125 Å². The van der Waals surface area contributed by atoms with E-state index in [4.69, 9.17) is 9.15 Å². The molecule has 0 aliphatic heterocycles. The molecule has 0 bridgehead atoms. The monoisotopic (exact) mass is 335 g/mol. The molecule has 0 saturated heterocycles. The Morgan fingerprint density at radius 1 is 1.35 bits per heavy atom. The number of carbonyl (C=O) groups is 1. The largest absolute Gasteiger partial charge is 0.492 e. The van der Waals surface area contributed by atoms with Gasteiger partial charge in [0.25, 0.3) is 0 Å². The van der Waals surface area contributed by atoms with E-state index < -0.39 is 0 Å². The fourth-order valence-corrected chi connectivity index (χ4v) is 1.92. The Bertz CT molecular complexity index is 619. The topological polar surface area (TPSA) is 51.5 Å². The van der Waals surface area contributed by atoms with E-state index in [0.717, 1.165) is 0 Å². The highest BCUT2D eigenvalue weighted by Gasteiger charge is 2.05. The summed E-state index contributed by atoms with van der Waals surface area (Å²) in [6.45, 7) is 2.44. The summed E-state index contributed by atoms with van der Waals surface area (Å²) in [6.07, 6.45) is 3.01. The molecule has 104 valence electrons. The van der Waals surface area contributed by atoms with Gasteiger partial charge in [0.2, 0.25) is 5.91 Å². The summed E-state index contributed by atoms with van der Waals surface area (Å²) in [5.41, 5.74) is 0.643. The van der Waals surface area contributed by atoms with Crippen LogP contribution >= 0.6 is 15.9 Å². The quantitative estimate of drug-likeness (QED) is 0.837. The van der Waals surface area contributed by atoms with Crippen LogP contribution in [0.25, 0.3) is 6.08 Å². The van der Waals surface area contributed by atoms with Gasteiger partial charge in [0.05, 0.1) is 12.3 Å². The molecule has 1 amide bonds. The van der Waals surface area contributed by atoms with Gasteiger partial charge in [0, 0.05) is 6.08 Å². The molecule has 2 rings (SSSR count). The van der Waals surface area contributed by atoms with E-state index in [1.807, 2.05) is 25.1 Å². The van der Waals surface area contributed by atoms with Gasteiger partial charge in [-0.25, -0.2) is 0 Å². The van der Waals surface area contributed by atoms with Gasteiger partial charge in [0.15, 0.2) is 4.67 Å². The van der Waals surface area contributed by atoms with Gasteiger partial charge in [-0.2, -0.15) is 0 Å². The first kappa shape index (κ1) is 14.4. The molecule has 0 spiro atoms. The molecule has 1 N–H and O–H groups in total. The SMILES string of the molecule is CCOc1ccccc1NC(=O)/C=C/c1ccc(Br)o1. The summed E-state index contributed by atoms with van der Waals surface area (Å²) in [5.74, 6) is 1.01. The smallest absolute Gasteiger partial charge is 0.248 e. The highest BCUT2D eigenvalue weighted by atomic mass is 79.9. The molecule has 4 nitrogen and oxygen atoms in total. The first-order chi connectivity index (χ1) is 9.69. The van der Waals surface area contributed by atoms with E-state index in [0.29, 0.717) is 28.5 Å². The minimum Gasteiger partial charge on any atom is -0.492 e. The highest BCUT2D eigenvalue weighted by molar-refractivity contribution is 9.10. The number of hydrogen-bond donors (Lipinski definition) is 1. The summed E-state index contributed by atoms with van der Waals surface area (Å²) in [7, 11) is 0. The van der Waals surface area contributed by atoms with Gasteiger partial charge < -0.3 is 14.5 Å². The lowest BCUT2D eigenvalue weighted by atomic mass is 10.3. The van der Waals surface area contributed by atoms with Crippen LogP contribution < -0.4 is 10.1 Å². The predicted molar refractivity (Wildman–Crippen MR) is 81.7 cm³/mol. The van der Waals surface area contributed by atoms with Crippen molar-refractivity contribution in [3.05, 3.63) is 52.9 Å². The summed E-state index contributed by atoms with van der Waals surface area (Å²) in [6, 6.07) is 10.8. The number of amides is 1. The molecule has 0 atom stereocenters. The van der Waals surface area contributed by atoms with Crippen LogP contribution in [0.4, 0.5) is 5.69 Å². The third-order valence-corrected chi connectivity index (χ3v) is 2.86. The Kier molecular flexibility index (Phi) is 5.01. The van der Waals surface area contributed by atoms with Gasteiger partial charge in [-0.15, -0.1) is 0 Å². The lowest BCUT2D eigenvalue weighted by Crippen LogP contribution is -2.09. The normalized spacial score (nSPS) is 10.7. The lowest BCUT2D eigenvalue weighted by Gasteiger charge is -2.09. The second kappa shape index (κ2) is 6.96. The second-order valence-electron chi connectivity index (χ2n) is 3.89. The van der Waals surface area contributed by atoms with Crippen molar-refractivity contribution < 1.29 is 13.9 Å². The summed E-state index contributed by atoms with van der Waals surface area (Å²) in [5, 5.41) is 2.77. The molecule has 1 heterocycles. The number of para-hydroxylation sites is 2. The minimum absolute atomic E-state index is 0.246. The van der Waals surface area contributed by atoms with E-state index in [2.05, 4.69) is 21.2 Å². The van der Waals surface area contributed by atoms with Crippen LogP contribution in [0.1, 0.15) is 12.7 Å². The van der Waals surface area contributed by atoms with Gasteiger partial charge in [-0.05, 0) is 53.2 Å². The van der Waals surface area contributed by atoms with E-state index in [1.165, 1.54) is 6.08 Å². The predicted octanol–water partition coefficient (Wildman–Crippen LogP) is 4.09. The standard InChI is InChI=1S/C15H14BrNO3/c1-2-19-13-6-4-3-5-12(13)17-15(18)10-8-11-7-9-14(16)20-11/h3-10H,2H2,1H3,(H,17,18)/b10-8+. The number of rotatable bonds is 5. The molecule has 0 fully saturated rings. The first-order valence-electron chi connectivity index (χ1n) is 6.15. The van der Waals surface area contributed by atoms with Crippen molar-refractivity contribution in [2.24, 2.45) is 0 Å². The molecule has 0 unspecified atom stereocenters. The minimum atomic E-state index is -0.246. The zero-order valence-corrected chi connectivity index (χ0v) is 12.5. The molecular formula is C15H14BrNO3. The van der Waals surface area contributed by atoms with Crippen LogP contribution in [-0.2, 0) is 4.79 Å². The zero-order valence-electron chi connectivity index (χ0n) is 10.9. The Balaban J connectivity index is 2.03. The van der Waals surface area contributed by atoms with Gasteiger partial charge in [-0.1, -0.05) is 12.1 Å². The number of benzene rings is 1. The van der Waals surface area contributed by atoms with Crippen LogP contribution in [0.2, 0.25) is 0 Å². The van der Waals surface area contributed by atoms with Gasteiger partial charge in [0.1, 0.15) is 11.5 Å². The van der Waals surface area contributed by atoms with Crippen LogP contribution in [0.15, 0.2) is 51.6 Å². The second-order valence-corrected chi connectivity index (χ2v) is 4.68. The van der Waals surface area contributed by atoms with Gasteiger partial charge in [-0.3, -0.25) is 4.79 Å². The highest BCUT2D eigenvalue weighted by Crippen LogP contribution is 2.23. The Hall–Kier alpha value is -2.01. The molecule has 0 aliphatic carbocycles. The molecule has 1 aromatic carbocycles. The third kappa shape index (κ3) is 3.99. The summed E-state index contributed by atoms with van der Waals surface area (Å²) < 4.78 is 11.3. The molecule has 20 heavy (non-hydrogen) atoms. The van der Waals surface area contributed by atoms with Crippen LogP contribution in [0.5, 0.6) is 5.75 Å². The fourth-order valence-electron chi connectivity index (χ4n) is 1.60. The van der Waals surface area contributed by atoms with E-state index in [9.17, 15) is 4.79 Å². The first-order valence-corrected chi connectivity index (χ1v) is 6.94. The number of halogens is 1. The molecular weight excluding hydrogens is 322 g/mol. The van der Waals surface area contributed by atoms with Crippen molar-refractivity contribution in [1.29, 1.82) is 0 Å².